The standard InChI is InChI=1S/C13H22N2O4/c16-11(8-10-9-19-7-6-14-10)15-13(12(17)18)4-2-1-3-5-13/h10,14H,1-9H2,(H,15,16)(H,17,18). The number of aliphatic carboxylic acids is 1. The molecule has 108 valence electrons. The van der Waals surface area contributed by atoms with Crippen LogP contribution in [0.5, 0.6) is 0 Å². The van der Waals surface area contributed by atoms with E-state index in [1.54, 1.807) is 0 Å². The summed E-state index contributed by atoms with van der Waals surface area (Å²) in [6.07, 6.45) is 4.10. The quantitative estimate of drug-likeness (QED) is 0.682. The van der Waals surface area contributed by atoms with Crippen molar-refractivity contribution in [3.05, 3.63) is 0 Å². The van der Waals surface area contributed by atoms with Gasteiger partial charge in [0.2, 0.25) is 5.91 Å². The van der Waals surface area contributed by atoms with Crippen LogP contribution in [0, 0.1) is 0 Å². The third-order valence-electron chi connectivity index (χ3n) is 3.93. The molecule has 1 aliphatic heterocycles. The van der Waals surface area contributed by atoms with E-state index in [2.05, 4.69) is 10.6 Å². The predicted molar refractivity (Wildman–Crippen MR) is 68.8 cm³/mol. The normalized spacial score (nSPS) is 26.6. The summed E-state index contributed by atoms with van der Waals surface area (Å²) in [7, 11) is 0. The maximum atomic E-state index is 12.0. The number of amides is 1. The first-order valence-electron chi connectivity index (χ1n) is 6.98. The molecule has 1 atom stereocenters. The fraction of sp³-hybridized carbons (Fsp3) is 0.846. The van der Waals surface area contributed by atoms with Crippen LogP contribution in [0.15, 0.2) is 0 Å². The minimum Gasteiger partial charge on any atom is -0.480 e. The summed E-state index contributed by atoms with van der Waals surface area (Å²) in [5.41, 5.74) is -1.05. The Morgan fingerprint density at radius 3 is 2.63 bits per heavy atom. The molecule has 0 bridgehead atoms. The van der Waals surface area contributed by atoms with Crippen LogP contribution in [0.4, 0.5) is 0 Å². The zero-order chi connectivity index (χ0) is 13.7. The number of carboxylic acids is 1. The number of carbonyl (C=O) groups excluding carboxylic acids is 1. The molecule has 1 heterocycles. The topological polar surface area (TPSA) is 87.7 Å². The summed E-state index contributed by atoms with van der Waals surface area (Å²) in [6, 6.07) is -0.0109. The van der Waals surface area contributed by atoms with Gasteiger partial charge in [0.25, 0.3) is 0 Å². The molecular formula is C13H22N2O4. The zero-order valence-corrected chi connectivity index (χ0v) is 11.1. The molecule has 0 aromatic carbocycles. The van der Waals surface area contributed by atoms with E-state index in [9.17, 15) is 14.7 Å². The molecule has 0 aromatic heterocycles. The van der Waals surface area contributed by atoms with Crippen LogP contribution in [0.1, 0.15) is 38.5 Å². The minimum absolute atomic E-state index is 0.0109. The molecule has 1 saturated heterocycles. The number of carboxylic acid groups (broad SMARTS) is 1. The number of hydrogen-bond acceptors (Lipinski definition) is 4. The summed E-state index contributed by atoms with van der Waals surface area (Å²) in [5.74, 6) is -1.11. The molecule has 1 saturated carbocycles. The van der Waals surface area contributed by atoms with Gasteiger partial charge in [-0.3, -0.25) is 4.79 Å². The summed E-state index contributed by atoms with van der Waals surface area (Å²) in [4.78, 5) is 23.5. The van der Waals surface area contributed by atoms with E-state index in [4.69, 9.17) is 4.74 Å². The Balaban J connectivity index is 1.89. The maximum Gasteiger partial charge on any atom is 0.329 e. The van der Waals surface area contributed by atoms with Gasteiger partial charge in [0.1, 0.15) is 5.54 Å². The van der Waals surface area contributed by atoms with Gasteiger partial charge in [0.15, 0.2) is 0 Å². The molecule has 6 nitrogen and oxygen atoms in total. The lowest BCUT2D eigenvalue weighted by Gasteiger charge is -2.34. The lowest BCUT2D eigenvalue weighted by atomic mass is 9.81. The summed E-state index contributed by atoms with van der Waals surface area (Å²) in [5, 5.41) is 15.3. The number of ether oxygens (including phenoxy) is 1. The summed E-state index contributed by atoms with van der Waals surface area (Å²) >= 11 is 0. The van der Waals surface area contributed by atoms with E-state index in [1.807, 2.05) is 0 Å². The Labute approximate surface area is 112 Å². The van der Waals surface area contributed by atoms with Crippen LogP contribution in [0.3, 0.4) is 0 Å². The van der Waals surface area contributed by atoms with E-state index in [-0.39, 0.29) is 18.4 Å². The fourth-order valence-corrected chi connectivity index (χ4v) is 2.84. The Morgan fingerprint density at radius 1 is 1.32 bits per heavy atom. The molecule has 1 aliphatic carbocycles. The summed E-state index contributed by atoms with van der Waals surface area (Å²) in [6.45, 7) is 1.91. The second kappa shape index (κ2) is 6.34. The van der Waals surface area contributed by atoms with Crippen LogP contribution in [0.25, 0.3) is 0 Å². The van der Waals surface area contributed by atoms with Gasteiger partial charge in [-0.25, -0.2) is 4.79 Å². The van der Waals surface area contributed by atoms with E-state index in [0.717, 1.165) is 25.8 Å². The number of nitrogens with one attached hydrogen (secondary N) is 2. The molecule has 2 fully saturated rings. The largest absolute Gasteiger partial charge is 0.480 e. The monoisotopic (exact) mass is 270 g/mol. The van der Waals surface area contributed by atoms with E-state index < -0.39 is 11.5 Å². The Bertz CT molecular complexity index is 334. The lowest BCUT2D eigenvalue weighted by molar-refractivity contribution is -0.149. The van der Waals surface area contributed by atoms with Gasteiger partial charge in [0, 0.05) is 19.0 Å². The van der Waals surface area contributed by atoms with Gasteiger partial charge in [-0.1, -0.05) is 19.3 Å². The molecule has 0 radical (unpaired) electrons. The SMILES string of the molecule is O=C(CC1COCCN1)NC1(C(=O)O)CCCCC1. The highest BCUT2D eigenvalue weighted by molar-refractivity contribution is 5.87. The van der Waals surface area contributed by atoms with Gasteiger partial charge < -0.3 is 20.5 Å². The molecule has 2 aliphatic rings. The minimum atomic E-state index is -1.05. The Hall–Kier alpha value is -1.14. The fourth-order valence-electron chi connectivity index (χ4n) is 2.84. The van der Waals surface area contributed by atoms with Crippen molar-refractivity contribution in [1.29, 1.82) is 0 Å². The average molecular weight is 270 g/mol. The maximum absolute atomic E-state index is 12.0. The lowest BCUT2D eigenvalue weighted by Crippen LogP contribution is -2.57. The van der Waals surface area contributed by atoms with Crippen molar-refractivity contribution in [2.45, 2.75) is 50.1 Å². The zero-order valence-electron chi connectivity index (χ0n) is 11.1. The van der Waals surface area contributed by atoms with Gasteiger partial charge in [-0.2, -0.15) is 0 Å². The molecular weight excluding hydrogens is 248 g/mol. The molecule has 19 heavy (non-hydrogen) atoms. The van der Waals surface area contributed by atoms with E-state index in [1.165, 1.54) is 0 Å². The smallest absolute Gasteiger partial charge is 0.329 e. The van der Waals surface area contributed by atoms with Gasteiger partial charge in [-0.05, 0) is 12.8 Å². The van der Waals surface area contributed by atoms with Crippen LogP contribution in [-0.2, 0) is 14.3 Å². The van der Waals surface area contributed by atoms with Gasteiger partial charge in [-0.15, -0.1) is 0 Å². The van der Waals surface area contributed by atoms with Crippen LogP contribution in [-0.4, -0.2) is 48.3 Å². The van der Waals surface area contributed by atoms with Gasteiger partial charge >= 0.3 is 5.97 Å². The molecule has 2 rings (SSSR count). The van der Waals surface area contributed by atoms with Crippen molar-refractivity contribution in [1.82, 2.24) is 10.6 Å². The Kier molecular flexibility index (Phi) is 4.76. The first-order chi connectivity index (χ1) is 9.12. The van der Waals surface area contributed by atoms with Crippen LogP contribution in [0.2, 0.25) is 0 Å². The highest BCUT2D eigenvalue weighted by atomic mass is 16.5. The predicted octanol–water partition coefficient (Wildman–Crippen LogP) is 0.269. The summed E-state index contributed by atoms with van der Waals surface area (Å²) < 4.78 is 5.29. The number of morpholine rings is 1. The molecule has 3 N–H and O–H groups in total. The third kappa shape index (κ3) is 3.67. The first kappa shape index (κ1) is 14.3. The van der Waals surface area contributed by atoms with E-state index in [0.29, 0.717) is 26.1 Å². The van der Waals surface area contributed by atoms with Crippen molar-refractivity contribution in [2.24, 2.45) is 0 Å². The van der Waals surface area contributed by atoms with Crippen LogP contribution < -0.4 is 10.6 Å². The molecule has 0 spiro atoms. The number of hydrogen-bond donors (Lipinski definition) is 3. The molecule has 0 aromatic rings. The second-order valence-electron chi connectivity index (χ2n) is 5.43. The van der Waals surface area contributed by atoms with Crippen molar-refractivity contribution in [3.8, 4) is 0 Å². The van der Waals surface area contributed by atoms with Crippen molar-refractivity contribution >= 4 is 11.9 Å². The van der Waals surface area contributed by atoms with Crippen LogP contribution >= 0.6 is 0 Å². The number of carbonyl (C=O) groups is 2. The highest BCUT2D eigenvalue weighted by Gasteiger charge is 2.41. The molecule has 1 unspecified atom stereocenters. The van der Waals surface area contributed by atoms with Gasteiger partial charge in [0.05, 0.1) is 13.2 Å². The van der Waals surface area contributed by atoms with Crippen molar-refractivity contribution < 1.29 is 19.4 Å². The highest BCUT2D eigenvalue weighted by Crippen LogP contribution is 2.28. The van der Waals surface area contributed by atoms with Crippen molar-refractivity contribution in [2.75, 3.05) is 19.8 Å². The number of rotatable bonds is 4. The third-order valence-corrected chi connectivity index (χ3v) is 3.93. The first-order valence-corrected chi connectivity index (χ1v) is 6.98. The van der Waals surface area contributed by atoms with Crippen molar-refractivity contribution in [3.63, 3.8) is 0 Å². The average Bonchev–Trinajstić information content (AvgIpc) is 2.40. The molecule has 6 heteroatoms. The van der Waals surface area contributed by atoms with E-state index >= 15 is 0 Å². The Morgan fingerprint density at radius 2 is 2.05 bits per heavy atom. The molecule has 1 amide bonds. The second-order valence-corrected chi connectivity index (χ2v) is 5.43.